The van der Waals surface area contributed by atoms with Crippen LogP contribution in [0.25, 0.3) is 6.08 Å². The zero-order valence-corrected chi connectivity index (χ0v) is 15.8. The molecule has 1 fully saturated rings. The van der Waals surface area contributed by atoms with Crippen LogP contribution in [0.4, 0.5) is 4.79 Å². The molecular weight excluding hydrogens is 400 g/mol. The van der Waals surface area contributed by atoms with E-state index in [4.69, 9.17) is 9.47 Å². The number of benzene rings is 2. The van der Waals surface area contributed by atoms with Crippen LogP contribution < -0.4 is 20.1 Å². The van der Waals surface area contributed by atoms with Gasteiger partial charge in [-0.1, -0.05) is 29.8 Å². The van der Waals surface area contributed by atoms with Gasteiger partial charge in [-0.05, 0) is 52.2 Å². The highest BCUT2D eigenvalue weighted by Gasteiger charge is 2.23. The number of methoxy groups -OCH3 is 1. The van der Waals surface area contributed by atoms with Gasteiger partial charge in [0.05, 0.1) is 11.6 Å². The number of hydrogen-bond acceptors (Lipinski definition) is 4. The maximum Gasteiger partial charge on any atom is 0.326 e. The predicted octanol–water partition coefficient (Wildman–Crippen LogP) is 3.53. The summed E-state index contributed by atoms with van der Waals surface area (Å²) in [6, 6.07) is 11.1. The molecule has 1 aliphatic heterocycles. The summed E-state index contributed by atoms with van der Waals surface area (Å²) in [5.74, 6) is 0.615. The van der Waals surface area contributed by atoms with Crippen molar-refractivity contribution in [2.24, 2.45) is 0 Å². The standard InChI is InChI=1S/C19H17BrN2O4/c1-11-4-3-5-12(6-11)10-26-17-14(20)7-13(9-16(17)25-2)8-15-18(23)22-19(24)21-15/h3-9H,10H2,1-2H3,(H2,21,22,23,24). The molecule has 0 saturated carbocycles. The monoisotopic (exact) mass is 416 g/mol. The summed E-state index contributed by atoms with van der Waals surface area (Å²) in [6.07, 6.45) is 1.57. The third-order valence-electron chi connectivity index (χ3n) is 3.75. The second-order valence-electron chi connectivity index (χ2n) is 5.78. The quantitative estimate of drug-likeness (QED) is 0.577. The minimum Gasteiger partial charge on any atom is -0.493 e. The highest BCUT2D eigenvalue weighted by molar-refractivity contribution is 9.10. The number of nitrogens with one attached hydrogen (secondary N) is 2. The van der Waals surface area contributed by atoms with E-state index in [0.717, 1.165) is 11.1 Å². The molecule has 0 unspecified atom stereocenters. The van der Waals surface area contributed by atoms with Gasteiger partial charge in [-0.3, -0.25) is 10.1 Å². The van der Waals surface area contributed by atoms with Gasteiger partial charge in [0, 0.05) is 0 Å². The third kappa shape index (κ3) is 4.05. The number of hydrogen-bond donors (Lipinski definition) is 2. The number of halogens is 1. The highest BCUT2D eigenvalue weighted by Crippen LogP contribution is 2.37. The minimum absolute atomic E-state index is 0.178. The van der Waals surface area contributed by atoms with Gasteiger partial charge in [0.25, 0.3) is 5.91 Å². The van der Waals surface area contributed by atoms with Crippen molar-refractivity contribution in [3.05, 3.63) is 63.3 Å². The second kappa shape index (κ2) is 7.61. The zero-order chi connectivity index (χ0) is 18.7. The number of carbonyl (C=O) groups excluding carboxylic acids is 2. The zero-order valence-electron chi connectivity index (χ0n) is 14.3. The maximum absolute atomic E-state index is 11.7. The number of rotatable bonds is 5. The van der Waals surface area contributed by atoms with Crippen molar-refractivity contribution in [2.75, 3.05) is 7.11 Å². The fourth-order valence-corrected chi connectivity index (χ4v) is 3.14. The summed E-state index contributed by atoms with van der Waals surface area (Å²) in [7, 11) is 1.54. The van der Waals surface area contributed by atoms with Gasteiger partial charge in [0.2, 0.25) is 0 Å². The number of imide groups is 1. The molecule has 1 aliphatic rings. The lowest BCUT2D eigenvalue weighted by Gasteiger charge is -2.14. The van der Waals surface area contributed by atoms with E-state index in [-0.39, 0.29) is 5.70 Å². The molecule has 0 atom stereocenters. The minimum atomic E-state index is -0.537. The van der Waals surface area contributed by atoms with Crippen LogP contribution >= 0.6 is 15.9 Å². The van der Waals surface area contributed by atoms with E-state index in [2.05, 4.69) is 32.6 Å². The van der Waals surface area contributed by atoms with Gasteiger partial charge < -0.3 is 14.8 Å². The maximum atomic E-state index is 11.7. The Morgan fingerprint density at radius 3 is 2.62 bits per heavy atom. The average molecular weight is 417 g/mol. The van der Waals surface area contributed by atoms with Gasteiger partial charge in [0.15, 0.2) is 11.5 Å². The van der Waals surface area contributed by atoms with Crippen LogP contribution in [-0.4, -0.2) is 19.0 Å². The van der Waals surface area contributed by atoms with Crippen molar-refractivity contribution in [1.29, 1.82) is 0 Å². The molecule has 2 aromatic rings. The molecule has 6 nitrogen and oxygen atoms in total. The van der Waals surface area contributed by atoms with Crippen molar-refractivity contribution in [3.8, 4) is 11.5 Å². The number of amides is 3. The first-order valence-electron chi connectivity index (χ1n) is 7.86. The first kappa shape index (κ1) is 18.0. The van der Waals surface area contributed by atoms with Gasteiger partial charge in [-0.25, -0.2) is 4.79 Å². The Balaban J connectivity index is 1.84. The Morgan fingerprint density at radius 1 is 1.15 bits per heavy atom. The molecule has 0 spiro atoms. The van der Waals surface area contributed by atoms with Crippen LogP contribution in [0, 0.1) is 6.92 Å². The Bertz CT molecular complexity index is 908. The van der Waals surface area contributed by atoms with Gasteiger partial charge in [0.1, 0.15) is 12.3 Å². The lowest BCUT2D eigenvalue weighted by molar-refractivity contribution is -0.115. The summed E-state index contributed by atoms with van der Waals surface area (Å²) >= 11 is 3.48. The van der Waals surface area contributed by atoms with E-state index in [9.17, 15) is 9.59 Å². The lowest BCUT2D eigenvalue weighted by atomic mass is 10.1. The summed E-state index contributed by atoms with van der Waals surface area (Å²) in [6.45, 7) is 2.43. The van der Waals surface area contributed by atoms with E-state index < -0.39 is 11.9 Å². The SMILES string of the molecule is COc1cc(C=C2NC(=O)NC2=O)cc(Br)c1OCc1cccc(C)c1. The van der Waals surface area contributed by atoms with Gasteiger partial charge in [-0.2, -0.15) is 0 Å². The number of carbonyl (C=O) groups is 2. The van der Waals surface area contributed by atoms with Crippen LogP contribution in [0.1, 0.15) is 16.7 Å². The van der Waals surface area contributed by atoms with Gasteiger partial charge >= 0.3 is 6.03 Å². The van der Waals surface area contributed by atoms with E-state index >= 15 is 0 Å². The first-order valence-corrected chi connectivity index (χ1v) is 8.65. The fraction of sp³-hybridized carbons (Fsp3) is 0.158. The van der Waals surface area contributed by atoms with Crippen molar-refractivity contribution in [1.82, 2.24) is 10.6 Å². The summed E-state index contributed by atoms with van der Waals surface area (Å²) in [5.41, 5.74) is 3.08. The molecule has 3 rings (SSSR count). The molecule has 0 radical (unpaired) electrons. The average Bonchev–Trinajstić information content (AvgIpc) is 2.90. The van der Waals surface area contributed by atoms with E-state index in [1.165, 1.54) is 0 Å². The Labute approximate surface area is 159 Å². The topological polar surface area (TPSA) is 76.7 Å². The molecule has 1 heterocycles. The number of ether oxygens (including phenoxy) is 2. The van der Waals surface area contributed by atoms with Gasteiger partial charge in [-0.15, -0.1) is 0 Å². The highest BCUT2D eigenvalue weighted by atomic mass is 79.9. The fourth-order valence-electron chi connectivity index (χ4n) is 2.57. The smallest absolute Gasteiger partial charge is 0.326 e. The van der Waals surface area contributed by atoms with Crippen molar-refractivity contribution < 1.29 is 19.1 Å². The molecule has 0 aliphatic carbocycles. The molecule has 134 valence electrons. The predicted molar refractivity (Wildman–Crippen MR) is 101 cm³/mol. The molecule has 3 amide bonds. The molecule has 2 N–H and O–H groups in total. The van der Waals surface area contributed by atoms with Crippen LogP contribution in [0.2, 0.25) is 0 Å². The van der Waals surface area contributed by atoms with Crippen molar-refractivity contribution in [2.45, 2.75) is 13.5 Å². The molecule has 0 bridgehead atoms. The van der Waals surface area contributed by atoms with E-state index in [1.807, 2.05) is 25.1 Å². The first-order chi connectivity index (χ1) is 12.5. The Morgan fingerprint density at radius 2 is 1.96 bits per heavy atom. The number of aryl methyl sites for hydroxylation is 1. The Kier molecular flexibility index (Phi) is 5.27. The van der Waals surface area contributed by atoms with E-state index in [1.54, 1.807) is 25.3 Å². The molecule has 7 heteroatoms. The summed E-state index contributed by atoms with van der Waals surface area (Å²) < 4.78 is 12.0. The number of urea groups is 1. The summed E-state index contributed by atoms with van der Waals surface area (Å²) in [5, 5.41) is 4.61. The molecule has 26 heavy (non-hydrogen) atoms. The molecule has 0 aromatic heterocycles. The lowest BCUT2D eigenvalue weighted by Crippen LogP contribution is -2.22. The summed E-state index contributed by atoms with van der Waals surface area (Å²) in [4.78, 5) is 22.9. The molecule has 1 saturated heterocycles. The van der Waals surface area contributed by atoms with Crippen LogP contribution in [-0.2, 0) is 11.4 Å². The third-order valence-corrected chi connectivity index (χ3v) is 4.34. The van der Waals surface area contributed by atoms with E-state index in [0.29, 0.717) is 28.1 Å². The van der Waals surface area contributed by atoms with Crippen LogP contribution in [0.3, 0.4) is 0 Å². The largest absolute Gasteiger partial charge is 0.493 e. The molecular formula is C19H17BrN2O4. The van der Waals surface area contributed by atoms with Crippen molar-refractivity contribution in [3.63, 3.8) is 0 Å². The molecule has 2 aromatic carbocycles. The normalized spacial score (nSPS) is 15.0. The van der Waals surface area contributed by atoms with Crippen LogP contribution in [0.5, 0.6) is 11.5 Å². The second-order valence-corrected chi connectivity index (χ2v) is 6.63. The van der Waals surface area contributed by atoms with Crippen LogP contribution in [0.15, 0.2) is 46.6 Å². The van der Waals surface area contributed by atoms with Crippen molar-refractivity contribution >= 4 is 33.9 Å². The Hall–Kier alpha value is -2.80.